The number of hydrogen-bond acceptors (Lipinski definition) is 3. The van der Waals surface area contributed by atoms with E-state index in [1.54, 1.807) is 25.2 Å². The number of rotatable bonds is 2. The molecule has 1 aromatic heterocycles. The number of nitrogens with one attached hydrogen (secondary N) is 1. The number of nitrogens with zero attached hydrogens (tertiary/aromatic N) is 2. The van der Waals surface area contributed by atoms with Crippen molar-refractivity contribution in [2.45, 2.75) is 24.2 Å². The smallest absolute Gasteiger partial charge is 0.236 e. The Kier molecular flexibility index (Phi) is 2.88. The molecule has 1 fully saturated rings. The molecule has 0 saturated heterocycles. The van der Waals surface area contributed by atoms with Crippen LogP contribution in [0.3, 0.4) is 0 Å². The average molecular weight is 309 g/mol. The van der Waals surface area contributed by atoms with Crippen LogP contribution in [0.1, 0.15) is 30.0 Å². The Morgan fingerprint density at radius 1 is 1.39 bits per heavy atom. The maximum atomic E-state index is 14.0. The van der Waals surface area contributed by atoms with Crippen LogP contribution in [-0.4, -0.2) is 23.2 Å². The van der Waals surface area contributed by atoms with Gasteiger partial charge in [-0.25, -0.2) is 4.39 Å². The molecule has 2 bridgehead atoms. The van der Waals surface area contributed by atoms with Crippen molar-refractivity contribution < 1.29 is 9.18 Å². The number of amides is 1. The summed E-state index contributed by atoms with van der Waals surface area (Å²) in [5.41, 5.74) is 2.66. The lowest BCUT2D eigenvalue weighted by Gasteiger charge is -2.25. The summed E-state index contributed by atoms with van der Waals surface area (Å²) >= 11 is 0. The van der Waals surface area contributed by atoms with E-state index in [0.29, 0.717) is 23.4 Å². The van der Waals surface area contributed by atoms with Gasteiger partial charge in [0.2, 0.25) is 5.91 Å². The van der Waals surface area contributed by atoms with Crippen molar-refractivity contribution in [1.29, 1.82) is 0 Å². The first-order chi connectivity index (χ1) is 11.1. The van der Waals surface area contributed by atoms with E-state index in [9.17, 15) is 9.18 Å². The molecule has 0 spiro atoms. The second-order valence-corrected chi connectivity index (χ2v) is 6.11. The number of aromatic nitrogens is 2. The second kappa shape index (κ2) is 4.72. The van der Waals surface area contributed by atoms with Crippen molar-refractivity contribution in [3.63, 3.8) is 0 Å². The molecule has 1 N–H and O–H groups in total. The Balaban J connectivity index is 1.89. The van der Waals surface area contributed by atoms with Gasteiger partial charge in [0.1, 0.15) is 11.2 Å². The number of carbonyl (C=O) groups is 1. The van der Waals surface area contributed by atoms with Gasteiger partial charge in [-0.2, -0.15) is 10.2 Å². The Morgan fingerprint density at radius 3 is 2.91 bits per heavy atom. The zero-order chi connectivity index (χ0) is 16.2. The Bertz CT molecular complexity index is 848. The fraction of sp³-hybridized carbons (Fsp3) is 0.278. The molecular formula is C18H16FN3O. The molecule has 0 radical (unpaired) electrons. The van der Waals surface area contributed by atoms with Gasteiger partial charge in [-0.1, -0.05) is 18.7 Å². The number of benzene rings is 1. The first-order valence-corrected chi connectivity index (χ1v) is 7.64. The molecule has 4 rings (SSSR count). The van der Waals surface area contributed by atoms with Crippen LogP contribution in [0.2, 0.25) is 0 Å². The van der Waals surface area contributed by atoms with Crippen molar-refractivity contribution >= 4 is 5.91 Å². The van der Waals surface area contributed by atoms with Gasteiger partial charge in [0, 0.05) is 18.5 Å². The van der Waals surface area contributed by atoms with Crippen molar-refractivity contribution in [3.8, 4) is 11.3 Å². The summed E-state index contributed by atoms with van der Waals surface area (Å²) in [7, 11) is 1.62. The minimum absolute atomic E-state index is 0.0864. The van der Waals surface area contributed by atoms with E-state index in [2.05, 4.69) is 22.1 Å². The number of fused-ring (bicyclic) bond motifs is 5. The van der Waals surface area contributed by atoms with Crippen LogP contribution in [-0.2, 0) is 10.2 Å². The quantitative estimate of drug-likeness (QED) is 0.868. The molecular weight excluding hydrogens is 293 g/mol. The molecule has 1 aromatic carbocycles. The molecule has 2 aliphatic carbocycles. The maximum absolute atomic E-state index is 14.0. The normalized spacial score (nSPS) is 24.6. The molecule has 2 aliphatic rings. The molecule has 1 amide bonds. The fourth-order valence-electron chi connectivity index (χ4n) is 3.99. The number of likely N-dealkylation sites (N-methyl/N-ethyl adjacent to an activating group) is 1. The third-order valence-corrected chi connectivity index (χ3v) is 5.14. The summed E-state index contributed by atoms with van der Waals surface area (Å²) in [4.78, 5) is 12.5. The molecule has 2 atom stereocenters. The highest BCUT2D eigenvalue weighted by atomic mass is 19.1. The monoisotopic (exact) mass is 309 g/mol. The first-order valence-electron chi connectivity index (χ1n) is 7.64. The predicted octanol–water partition coefficient (Wildman–Crippen LogP) is 2.71. The zero-order valence-corrected chi connectivity index (χ0v) is 12.8. The minimum atomic E-state index is -0.768. The van der Waals surface area contributed by atoms with Crippen LogP contribution in [0.25, 0.3) is 11.3 Å². The minimum Gasteiger partial charge on any atom is -0.358 e. The van der Waals surface area contributed by atoms with Crippen molar-refractivity contribution in [2.24, 2.45) is 0 Å². The number of halogens is 1. The lowest BCUT2D eigenvalue weighted by molar-refractivity contribution is -0.124. The molecule has 1 saturated carbocycles. The molecule has 1 heterocycles. The summed E-state index contributed by atoms with van der Waals surface area (Å²) < 4.78 is 14.0. The molecule has 0 unspecified atom stereocenters. The third kappa shape index (κ3) is 1.67. The van der Waals surface area contributed by atoms with Crippen LogP contribution in [0, 0.1) is 5.82 Å². The van der Waals surface area contributed by atoms with Crippen LogP contribution in [0.5, 0.6) is 0 Å². The molecule has 0 aliphatic heterocycles. The van der Waals surface area contributed by atoms with Crippen molar-refractivity contribution in [1.82, 2.24) is 15.5 Å². The topological polar surface area (TPSA) is 54.9 Å². The van der Waals surface area contributed by atoms with Gasteiger partial charge in [0.15, 0.2) is 0 Å². The first kappa shape index (κ1) is 14.1. The zero-order valence-electron chi connectivity index (χ0n) is 12.8. The van der Waals surface area contributed by atoms with E-state index in [-0.39, 0.29) is 17.6 Å². The highest BCUT2D eigenvalue weighted by Crippen LogP contribution is 2.59. The summed E-state index contributed by atoms with van der Waals surface area (Å²) in [6, 6.07) is 8.36. The van der Waals surface area contributed by atoms with E-state index in [0.717, 1.165) is 17.6 Å². The van der Waals surface area contributed by atoms with Crippen LogP contribution < -0.4 is 5.32 Å². The van der Waals surface area contributed by atoms with Gasteiger partial charge in [-0.15, -0.1) is 0 Å². The van der Waals surface area contributed by atoms with E-state index < -0.39 is 5.41 Å². The lowest BCUT2D eigenvalue weighted by atomic mass is 9.80. The van der Waals surface area contributed by atoms with Gasteiger partial charge >= 0.3 is 0 Å². The average Bonchev–Trinajstić information content (AvgIpc) is 3.04. The van der Waals surface area contributed by atoms with Crippen LogP contribution in [0.15, 0.2) is 42.5 Å². The van der Waals surface area contributed by atoms with Gasteiger partial charge in [0.05, 0.1) is 11.4 Å². The molecule has 5 heteroatoms. The lowest BCUT2D eigenvalue weighted by Crippen LogP contribution is -2.41. The van der Waals surface area contributed by atoms with Gasteiger partial charge in [-0.05, 0) is 42.2 Å². The summed E-state index contributed by atoms with van der Waals surface area (Å²) in [5, 5.41) is 11.2. The largest absolute Gasteiger partial charge is 0.358 e. The molecule has 2 aromatic rings. The summed E-state index contributed by atoms with van der Waals surface area (Å²) in [6.07, 6.45) is 1.57. The molecule has 4 nitrogen and oxygen atoms in total. The number of hydrogen-bond donors (Lipinski definition) is 1. The van der Waals surface area contributed by atoms with E-state index in [4.69, 9.17) is 0 Å². The highest BCUT2D eigenvalue weighted by molar-refractivity contribution is 5.94. The Labute approximate surface area is 133 Å². The van der Waals surface area contributed by atoms with Crippen molar-refractivity contribution in [2.75, 3.05) is 7.05 Å². The maximum Gasteiger partial charge on any atom is 0.236 e. The van der Waals surface area contributed by atoms with Crippen molar-refractivity contribution in [3.05, 3.63) is 59.6 Å². The summed E-state index contributed by atoms with van der Waals surface area (Å²) in [5.74, 6) is -0.315. The van der Waals surface area contributed by atoms with Crippen LogP contribution in [0.4, 0.5) is 4.39 Å². The molecule has 116 valence electrons. The standard InChI is InChI=1S/C18H16FN3O/c1-10-11-7-8-18(10,17(23)20-2)16-13(11)9-15(21-22-16)12-5-3-4-6-14(12)19/h3-6,9,11H,1,7-8H2,2H3,(H,20,23)/t11-,18-/m0/s1. The molecule has 23 heavy (non-hydrogen) atoms. The predicted molar refractivity (Wildman–Crippen MR) is 84.3 cm³/mol. The Morgan fingerprint density at radius 2 is 2.17 bits per heavy atom. The van der Waals surface area contributed by atoms with Gasteiger partial charge < -0.3 is 5.32 Å². The SMILES string of the molecule is C=C1[C@@H]2CC[C@@]1(C(=O)NC)c1nnc(-c3ccccc3F)cc12. The second-order valence-electron chi connectivity index (χ2n) is 6.11. The van der Waals surface area contributed by atoms with Crippen LogP contribution >= 0.6 is 0 Å². The van der Waals surface area contributed by atoms with E-state index in [1.165, 1.54) is 6.07 Å². The highest BCUT2D eigenvalue weighted by Gasteiger charge is 2.58. The number of carbonyl (C=O) groups excluding carboxylic acids is 1. The third-order valence-electron chi connectivity index (χ3n) is 5.14. The van der Waals surface area contributed by atoms with E-state index in [1.807, 2.05) is 6.07 Å². The Hall–Kier alpha value is -2.56. The van der Waals surface area contributed by atoms with Gasteiger partial charge in [0.25, 0.3) is 0 Å². The summed E-state index contributed by atoms with van der Waals surface area (Å²) in [6.45, 7) is 4.15. The van der Waals surface area contributed by atoms with Gasteiger partial charge in [-0.3, -0.25) is 4.79 Å². The van der Waals surface area contributed by atoms with E-state index >= 15 is 0 Å². The fourth-order valence-corrected chi connectivity index (χ4v) is 3.99.